The molecule has 0 radical (unpaired) electrons. The van der Waals surface area contributed by atoms with Crippen molar-refractivity contribution < 1.29 is 22.3 Å². The average Bonchev–Trinajstić information content (AvgIpc) is 1.99. The normalized spacial score (nSPS) is 15.3. The molecule has 0 aliphatic carbocycles. The maximum Gasteiger partial charge on any atom is 0.350 e. The summed E-state index contributed by atoms with van der Waals surface area (Å²) in [6.45, 7) is 1.35. The number of halogens is 2. The van der Waals surface area contributed by atoms with E-state index in [1.165, 1.54) is 6.92 Å². The third kappa shape index (κ3) is 3.97. The van der Waals surface area contributed by atoms with Crippen LogP contribution in [0.1, 0.15) is 13.3 Å². The van der Waals surface area contributed by atoms with Crippen molar-refractivity contribution in [2.75, 3.05) is 13.6 Å². The molecule has 1 N–H and O–H groups in total. The minimum Gasteiger partial charge on any atom is -0.393 e. The highest BCUT2D eigenvalue weighted by atomic mass is 32.2. The van der Waals surface area contributed by atoms with Crippen molar-refractivity contribution in [3.63, 3.8) is 0 Å². The van der Waals surface area contributed by atoms with Crippen LogP contribution < -0.4 is 0 Å². The topological polar surface area (TPSA) is 57.6 Å². The van der Waals surface area contributed by atoms with Crippen LogP contribution in [0.4, 0.5) is 8.78 Å². The first-order valence-electron chi connectivity index (χ1n) is 3.70. The number of rotatable bonds is 5. The Labute approximate surface area is 76.2 Å². The van der Waals surface area contributed by atoms with E-state index in [1.54, 1.807) is 0 Å². The zero-order chi connectivity index (χ0) is 10.6. The van der Waals surface area contributed by atoms with E-state index < -0.39 is 21.9 Å². The van der Waals surface area contributed by atoms with Crippen LogP contribution >= 0.6 is 0 Å². The minimum absolute atomic E-state index is 0.107. The van der Waals surface area contributed by atoms with Gasteiger partial charge in [-0.2, -0.15) is 13.1 Å². The van der Waals surface area contributed by atoms with Gasteiger partial charge >= 0.3 is 5.76 Å². The Morgan fingerprint density at radius 3 is 2.23 bits per heavy atom. The fourth-order valence-corrected chi connectivity index (χ4v) is 1.26. The van der Waals surface area contributed by atoms with Crippen molar-refractivity contribution in [1.82, 2.24) is 4.31 Å². The van der Waals surface area contributed by atoms with Gasteiger partial charge in [-0.1, -0.05) is 0 Å². The molecule has 1 atom stereocenters. The first-order chi connectivity index (χ1) is 5.78. The Bertz CT molecular complexity index is 240. The highest BCUT2D eigenvalue weighted by Gasteiger charge is 2.28. The van der Waals surface area contributed by atoms with Crippen molar-refractivity contribution >= 4 is 10.0 Å². The van der Waals surface area contributed by atoms with E-state index in [9.17, 15) is 17.2 Å². The summed E-state index contributed by atoms with van der Waals surface area (Å²) in [6, 6.07) is 0. The van der Waals surface area contributed by atoms with Gasteiger partial charge in [0.25, 0.3) is 10.0 Å². The van der Waals surface area contributed by atoms with E-state index in [2.05, 4.69) is 0 Å². The van der Waals surface area contributed by atoms with Crippen molar-refractivity contribution in [3.8, 4) is 0 Å². The third-order valence-corrected chi connectivity index (χ3v) is 3.02. The number of sulfonamides is 1. The lowest BCUT2D eigenvalue weighted by atomic mass is 10.3. The number of hydrogen-bond acceptors (Lipinski definition) is 3. The Hall–Kier alpha value is -0.270. The molecule has 1 unspecified atom stereocenters. The van der Waals surface area contributed by atoms with Crippen molar-refractivity contribution in [1.29, 1.82) is 0 Å². The number of nitrogens with zero attached hydrogens (tertiary/aromatic N) is 1. The second-order valence-electron chi connectivity index (χ2n) is 2.76. The highest BCUT2D eigenvalue weighted by molar-refractivity contribution is 7.89. The van der Waals surface area contributed by atoms with E-state index in [1.807, 2.05) is 0 Å². The van der Waals surface area contributed by atoms with Gasteiger partial charge in [-0.3, -0.25) is 0 Å². The quantitative estimate of drug-likeness (QED) is 0.717. The predicted octanol–water partition coefficient (Wildman–Crippen LogP) is 0.242. The maximum atomic E-state index is 11.9. The van der Waals surface area contributed by atoms with E-state index >= 15 is 0 Å². The molecule has 0 aromatic rings. The largest absolute Gasteiger partial charge is 0.393 e. The molecule has 0 aliphatic heterocycles. The van der Waals surface area contributed by atoms with Crippen LogP contribution in [0.5, 0.6) is 0 Å². The summed E-state index contributed by atoms with van der Waals surface area (Å²) in [5.74, 6) is -3.40. The van der Waals surface area contributed by atoms with Crippen LogP contribution in [0.3, 0.4) is 0 Å². The molecule has 0 amide bonds. The molecule has 0 aliphatic rings. The lowest BCUT2D eigenvalue weighted by Gasteiger charge is -2.16. The second kappa shape index (κ2) is 4.83. The molecule has 0 bridgehead atoms. The van der Waals surface area contributed by atoms with Crippen LogP contribution in [0.2, 0.25) is 0 Å². The molecule has 0 saturated carbocycles. The van der Waals surface area contributed by atoms with Crippen molar-refractivity contribution in [2.45, 2.75) is 25.2 Å². The van der Waals surface area contributed by atoms with E-state index in [0.717, 1.165) is 7.05 Å². The van der Waals surface area contributed by atoms with Gasteiger partial charge in [0, 0.05) is 13.6 Å². The molecule has 0 aromatic heterocycles. The second-order valence-corrected chi connectivity index (χ2v) is 4.77. The SMILES string of the molecule is CC(O)CCN(C)S(=O)(=O)C(F)F. The fourth-order valence-electron chi connectivity index (χ4n) is 0.632. The molecule has 0 heterocycles. The lowest BCUT2D eigenvalue weighted by molar-refractivity contribution is 0.173. The molecule has 80 valence electrons. The molecular formula is C6H13F2NO3S. The summed E-state index contributed by atoms with van der Waals surface area (Å²) in [5, 5.41) is 8.80. The van der Waals surface area contributed by atoms with Crippen LogP contribution in [0, 0.1) is 0 Å². The van der Waals surface area contributed by atoms with Gasteiger partial charge in [0.1, 0.15) is 0 Å². The molecule has 0 saturated heterocycles. The average molecular weight is 217 g/mol. The zero-order valence-electron chi connectivity index (χ0n) is 7.44. The van der Waals surface area contributed by atoms with E-state index in [4.69, 9.17) is 5.11 Å². The first-order valence-corrected chi connectivity index (χ1v) is 5.20. The molecule has 4 nitrogen and oxygen atoms in total. The molecule has 0 fully saturated rings. The van der Waals surface area contributed by atoms with Gasteiger partial charge in [-0.15, -0.1) is 0 Å². The Morgan fingerprint density at radius 2 is 1.92 bits per heavy atom. The van der Waals surface area contributed by atoms with Gasteiger partial charge in [-0.25, -0.2) is 8.42 Å². The van der Waals surface area contributed by atoms with Gasteiger partial charge < -0.3 is 5.11 Å². The monoisotopic (exact) mass is 217 g/mol. The predicted molar refractivity (Wildman–Crippen MR) is 43.9 cm³/mol. The van der Waals surface area contributed by atoms with Gasteiger partial charge in [-0.05, 0) is 13.3 Å². The first kappa shape index (κ1) is 12.7. The van der Waals surface area contributed by atoms with Crippen molar-refractivity contribution in [3.05, 3.63) is 0 Å². The smallest absolute Gasteiger partial charge is 0.350 e. The number of aliphatic hydroxyl groups is 1. The summed E-state index contributed by atoms with van der Waals surface area (Å²) >= 11 is 0. The van der Waals surface area contributed by atoms with Crippen LogP contribution in [-0.2, 0) is 10.0 Å². The number of aliphatic hydroxyl groups excluding tert-OH is 1. The van der Waals surface area contributed by atoms with Gasteiger partial charge in [0.2, 0.25) is 0 Å². The van der Waals surface area contributed by atoms with Crippen LogP contribution in [0.25, 0.3) is 0 Å². The highest BCUT2D eigenvalue weighted by Crippen LogP contribution is 2.10. The summed E-state index contributed by atoms with van der Waals surface area (Å²) in [5.41, 5.74) is 0. The number of hydrogen-bond donors (Lipinski definition) is 1. The van der Waals surface area contributed by atoms with Gasteiger partial charge in [0.15, 0.2) is 0 Å². The lowest BCUT2D eigenvalue weighted by Crippen LogP contribution is -2.33. The summed E-state index contributed by atoms with van der Waals surface area (Å²) in [4.78, 5) is 0. The van der Waals surface area contributed by atoms with Crippen molar-refractivity contribution in [2.24, 2.45) is 0 Å². The number of alkyl halides is 2. The summed E-state index contributed by atoms with van der Waals surface area (Å²) in [7, 11) is -3.42. The third-order valence-electron chi connectivity index (χ3n) is 1.52. The molecular weight excluding hydrogens is 204 g/mol. The Morgan fingerprint density at radius 1 is 1.46 bits per heavy atom. The molecule has 0 aromatic carbocycles. The van der Waals surface area contributed by atoms with Gasteiger partial charge in [0.05, 0.1) is 6.10 Å². The summed E-state index contributed by atoms with van der Waals surface area (Å²) < 4.78 is 45.8. The minimum atomic E-state index is -4.48. The maximum absolute atomic E-state index is 11.9. The molecule has 0 spiro atoms. The molecule has 0 rings (SSSR count). The van der Waals surface area contributed by atoms with E-state index in [-0.39, 0.29) is 13.0 Å². The van der Waals surface area contributed by atoms with Crippen LogP contribution in [0.15, 0.2) is 0 Å². The fraction of sp³-hybridized carbons (Fsp3) is 1.00. The molecule has 13 heavy (non-hydrogen) atoms. The Balaban J connectivity index is 4.19. The summed E-state index contributed by atoms with van der Waals surface area (Å²) in [6.07, 6.45) is -0.557. The standard InChI is InChI=1S/C6H13F2NO3S/c1-5(10)3-4-9(2)13(11,12)6(7)8/h5-6,10H,3-4H2,1-2H3. The molecule has 7 heteroatoms. The zero-order valence-corrected chi connectivity index (χ0v) is 8.26. The van der Waals surface area contributed by atoms with Crippen LogP contribution in [-0.4, -0.2) is 43.3 Å². The van der Waals surface area contributed by atoms with E-state index in [0.29, 0.717) is 4.31 Å². The Kier molecular flexibility index (Phi) is 4.72.